The number of carbonyl (C=O) groups is 3. The van der Waals surface area contributed by atoms with Crippen molar-refractivity contribution < 1.29 is 61.8 Å². The number of hydrogen-bond donors (Lipinski definition) is 4. The van der Waals surface area contributed by atoms with Crippen LogP contribution in [0.5, 0.6) is 17.2 Å². The van der Waals surface area contributed by atoms with Crippen LogP contribution in [0, 0.1) is 37.0 Å². The standard InChI is InChI=1S/C49H74N4O13S/c1-4-7-10-14-21-65-43-38-40(37-42(64-20-9-6-3)47(43)66-22-15-11-8-5-2)48(55)51-19-24-58-26-28-60-30-32-62-34-36-63-35-33-61-31-29-59-27-25-57-23-18-50-45(54)17-13-12-16-44-46-41(39-67-44)52-49(56)53-46/h1-3,37-38,41,44,46H,7-36,39H2,(H,50,54)(H,51,55)(H2,52,53,56). The highest BCUT2D eigenvalue weighted by Gasteiger charge is 2.42. The molecule has 2 heterocycles. The lowest BCUT2D eigenvalue weighted by Gasteiger charge is -2.18. The van der Waals surface area contributed by atoms with Gasteiger partial charge < -0.3 is 68.6 Å². The number of hydrogen-bond acceptors (Lipinski definition) is 14. The van der Waals surface area contributed by atoms with Gasteiger partial charge in [-0.15, -0.1) is 37.0 Å². The summed E-state index contributed by atoms with van der Waals surface area (Å²) in [5.41, 5.74) is 0.352. The molecule has 17 nitrogen and oxygen atoms in total. The molecule has 4 N–H and O–H groups in total. The fourth-order valence-electron chi connectivity index (χ4n) is 6.68. The van der Waals surface area contributed by atoms with Crippen LogP contribution in [0.2, 0.25) is 0 Å². The third-order valence-corrected chi connectivity index (χ3v) is 11.6. The number of unbranched alkanes of at least 4 members (excludes halogenated alkanes) is 5. The number of carbonyl (C=O) groups excluding carboxylic acids is 3. The number of thioether (sulfide) groups is 1. The molecule has 3 atom stereocenters. The van der Waals surface area contributed by atoms with E-state index in [0.717, 1.165) is 50.7 Å². The molecule has 2 fully saturated rings. The number of nitrogens with one attached hydrogen (secondary N) is 4. The summed E-state index contributed by atoms with van der Waals surface area (Å²) in [6, 6.07) is 3.66. The average Bonchev–Trinajstić information content (AvgIpc) is 3.89. The van der Waals surface area contributed by atoms with Gasteiger partial charge in [-0.25, -0.2) is 4.79 Å². The molecule has 1 aromatic rings. The third kappa shape index (κ3) is 26.6. The summed E-state index contributed by atoms with van der Waals surface area (Å²) in [4.78, 5) is 36.8. The van der Waals surface area contributed by atoms with E-state index in [1.807, 2.05) is 11.8 Å². The van der Waals surface area contributed by atoms with Crippen LogP contribution >= 0.6 is 11.8 Å². The first-order valence-corrected chi connectivity index (χ1v) is 24.7. The Morgan fingerprint density at radius 1 is 0.582 bits per heavy atom. The van der Waals surface area contributed by atoms with Crippen LogP contribution in [0.3, 0.4) is 0 Å². The SMILES string of the molecule is C#CCCCCOc1cc(C(=O)NCCOCCOCCOCCOCCOCCOCCOCCNC(=O)CCCCC2SCC3NC(=O)NC32)cc(OCCC#C)c1OCCCCC#C. The largest absolute Gasteiger partial charge is 0.490 e. The fraction of sp³-hybridized carbons (Fsp3) is 0.694. The zero-order valence-electron chi connectivity index (χ0n) is 39.3. The molecule has 0 aromatic heterocycles. The molecule has 18 heteroatoms. The molecule has 2 aliphatic heterocycles. The van der Waals surface area contributed by atoms with Gasteiger partial charge in [-0.3, -0.25) is 9.59 Å². The third-order valence-electron chi connectivity index (χ3n) is 10.1. The first-order chi connectivity index (χ1) is 33.0. The molecule has 3 rings (SSSR count). The number of terminal acetylenes is 3. The van der Waals surface area contributed by atoms with Crippen molar-refractivity contribution in [3.05, 3.63) is 17.7 Å². The molecular weight excluding hydrogens is 885 g/mol. The second-order valence-corrected chi connectivity index (χ2v) is 16.7. The Hall–Kier alpha value is -4.42. The molecule has 67 heavy (non-hydrogen) atoms. The molecule has 0 bridgehead atoms. The van der Waals surface area contributed by atoms with E-state index >= 15 is 0 Å². The maximum Gasteiger partial charge on any atom is 0.315 e. The van der Waals surface area contributed by atoms with Crippen molar-refractivity contribution in [2.75, 3.05) is 131 Å². The molecule has 2 saturated heterocycles. The predicted octanol–water partition coefficient (Wildman–Crippen LogP) is 4.14. The molecule has 4 amide bonds. The predicted molar refractivity (Wildman–Crippen MR) is 257 cm³/mol. The number of benzene rings is 1. The zero-order valence-corrected chi connectivity index (χ0v) is 40.1. The van der Waals surface area contributed by atoms with Crippen molar-refractivity contribution in [2.45, 2.75) is 88.0 Å². The Morgan fingerprint density at radius 3 is 1.61 bits per heavy atom. The number of rotatable bonds is 43. The van der Waals surface area contributed by atoms with Crippen LogP contribution in [0.4, 0.5) is 4.79 Å². The van der Waals surface area contributed by atoms with E-state index in [-0.39, 0.29) is 43.1 Å². The molecule has 374 valence electrons. The molecule has 3 unspecified atom stereocenters. The highest BCUT2D eigenvalue weighted by atomic mass is 32.2. The topological polar surface area (TPSA) is 192 Å². The normalized spacial score (nSPS) is 16.0. The molecule has 0 aliphatic carbocycles. The van der Waals surface area contributed by atoms with Crippen molar-refractivity contribution in [3.63, 3.8) is 0 Å². The summed E-state index contributed by atoms with van der Waals surface area (Å²) in [6.07, 6.45) is 24.3. The molecule has 0 saturated carbocycles. The van der Waals surface area contributed by atoms with Gasteiger partial charge in [0.05, 0.1) is 124 Å². The highest BCUT2D eigenvalue weighted by molar-refractivity contribution is 8.00. The molecule has 0 radical (unpaired) electrons. The lowest BCUT2D eigenvalue weighted by atomic mass is 10.0. The summed E-state index contributed by atoms with van der Waals surface area (Å²) in [5, 5.41) is 12.1. The Bertz CT molecular complexity index is 1650. The van der Waals surface area contributed by atoms with Crippen LogP contribution < -0.4 is 35.5 Å². The Morgan fingerprint density at radius 2 is 1.07 bits per heavy atom. The second kappa shape index (κ2) is 38.5. The Balaban J connectivity index is 1.09. The minimum absolute atomic E-state index is 0.0315. The lowest BCUT2D eigenvalue weighted by Crippen LogP contribution is -2.36. The highest BCUT2D eigenvalue weighted by Crippen LogP contribution is 2.40. The number of ether oxygens (including phenoxy) is 10. The van der Waals surface area contributed by atoms with E-state index in [1.165, 1.54) is 0 Å². The van der Waals surface area contributed by atoms with Gasteiger partial charge in [0.1, 0.15) is 0 Å². The van der Waals surface area contributed by atoms with Crippen LogP contribution in [0.1, 0.15) is 81.0 Å². The fourth-order valence-corrected chi connectivity index (χ4v) is 8.23. The maximum atomic E-state index is 13.2. The zero-order chi connectivity index (χ0) is 47.8. The van der Waals surface area contributed by atoms with Gasteiger partial charge in [0, 0.05) is 55.3 Å². The molecule has 1 aromatic carbocycles. The van der Waals surface area contributed by atoms with Crippen LogP contribution in [0.15, 0.2) is 12.1 Å². The van der Waals surface area contributed by atoms with Crippen molar-refractivity contribution in [1.29, 1.82) is 0 Å². The molecular formula is C49H74N4O13S. The van der Waals surface area contributed by atoms with E-state index in [1.54, 1.807) is 12.1 Å². The average molecular weight is 959 g/mol. The van der Waals surface area contributed by atoms with Crippen molar-refractivity contribution in [3.8, 4) is 54.3 Å². The Labute approximate surface area is 402 Å². The maximum absolute atomic E-state index is 13.2. The first kappa shape index (κ1) is 56.9. The smallest absolute Gasteiger partial charge is 0.315 e. The first-order valence-electron chi connectivity index (χ1n) is 23.6. The minimum Gasteiger partial charge on any atom is -0.490 e. The number of fused-ring (bicyclic) bond motifs is 1. The van der Waals surface area contributed by atoms with Gasteiger partial charge >= 0.3 is 6.03 Å². The van der Waals surface area contributed by atoms with Crippen LogP contribution in [-0.4, -0.2) is 166 Å². The van der Waals surface area contributed by atoms with Gasteiger partial charge in [-0.2, -0.15) is 11.8 Å². The van der Waals surface area contributed by atoms with E-state index in [2.05, 4.69) is 39.0 Å². The monoisotopic (exact) mass is 958 g/mol. The summed E-state index contributed by atoms with van der Waals surface area (Å²) < 4.78 is 57.0. The summed E-state index contributed by atoms with van der Waals surface area (Å²) >= 11 is 1.90. The quantitative estimate of drug-likeness (QED) is 0.0415. The van der Waals surface area contributed by atoms with Gasteiger partial charge in [0.2, 0.25) is 11.7 Å². The van der Waals surface area contributed by atoms with E-state index in [0.29, 0.717) is 166 Å². The van der Waals surface area contributed by atoms with E-state index < -0.39 is 0 Å². The minimum atomic E-state index is -0.315. The van der Waals surface area contributed by atoms with Crippen LogP contribution in [-0.2, 0) is 38.0 Å². The van der Waals surface area contributed by atoms with E-state index in [4.69, 9.17) is 66.6 Å². The van der Waals surface area contributed by atoms with Crippen LogP contribution in [0.25, 0.3) is 0 Å². The van der Waals surface area contributed by atoms with Gasteiger partial charge in [0.15, 0.2) is 11.5 Å². The second-order valence-electron chi connectivity index (χ2n) is 15.4. The van der Waals surface area contributed by atoms with Crippen molar-refractivity contribution >= 4 is 29.6 Å². The van der Waals surface area contributed by atoms with E-state index in [9.17, 15) is 14.4 Å². The van der Waals surface area contributed by atoms with Gasteiger partial charge in [-0.05, 0) is 50.7 Å². The summed E-state index contributed by atoms with van der Waals surface area (Å²) in [7, 11) is 0. The molecule has 0 spiro atoms. The number of urea groups is 1. The molecule has 2 aliphatic rings. The summed E-state index contributed by atoms with van der Waals surface area (Å²) in [5.74, 6) is 9.69. The van der Waals surface area contributed by atoms with Crippen molar-refractivity contribution in [2.24, 2.45) is 0 Å². The van der Waals surface area contributed by atoms with Crippen molar-refractivity contribution in [1.82, 2.24) is 21.3 Å². The lowest BCUT2D eigenvalue weighted by molar-refractivity contribution is -0.121. The van der Waals surface area contributed by atoms with Gasteiger partial charge in [-0.1, -0.05) is 6.42 Å². The number of amides is 4. The van der Waals surface area contributed by atoms with Gasteiger partial charge in [0.25, 0.3) is 5.91 Å². The Kier molecular flexibility index (Phi) is 32.7. The summed E-state index contributed by atoms with van der Waals surface area (Å²) in [6.45, 7) is 7.71.